The molecule has 2 aromatic heterocycles. The minimum absolute atomic E-state index is 0.498. The second-order valence-electron chi connectivity index (χ2n) is 4.37. The van der Waals surface area contributed by atoms with Crippen molar-refractivity contribution in [3.8, 4) is 0 Å². The molecule has 3 rings (SSSR count). The van der Waals surface area contributed by atoms with Crippen molar-refractivity contribution < 1.29 is 0 Å². The highest BCUT2D eigenvalue weighted by molar-refractivity contribution is 5.83. The molecule has 0 amide bonds. The molecule has 0 saturated heterocycles. The Morgan fingerprint density at radius 3 is 2.82 bits per heavy atom. The average molecular weight is 223 g/mol. The standard InChI is InChI=1S/C14H13N3/c1-9-7-10(2)13-11(8-9)14(15)17-6-4-3-5-12(17)16-13/h3-8,15H,1-2H3. The first-order chi connectivity index (χ1) is 8.16. The van der Waals surface area contributed by atoms with Gasteiger partial charge in [0.25, 0.3) is 0 Å². The van der Waals surface area contributed by atoms with E-state index < -0.39 is 0 Å². The molecule has 0 aliphatic carbocycles. The van der Waals surface area contributed by atoms with Crippen LogP contribution in [0.15, 0.2) is 36.5 Å². The van der Waals surface area contributed by atoms with E-state index in [2.05, 4.69) is 11.1 Å². The van der Waals surface area contributed by atoms with E-state index in [1.165, 1.54) is 5.56 Å². The highest BCUT2D eigenvalue weighted by Crippen LogP contribution is 2.16. The molecule has 0 aliphatic rings. The van der Waals surface area contributed by atoms with Crippen LogP contribution in [0.1, 0.15) is 11.1 Å². The predicted octanol–water partition coefficient (Wildman–Crippen LogP) is 2.58. The Morgan fingerprint density at radius 2 is 2.00 bits per heavy atom. The van der Waals surface area contributed by atoms with E-state index in [-0.39, 0.29) is 0 Å². The smallest absolute Gasteiger partial charge is 0.140 e. The van der Waals surface area contributed by atoms with Gasteiger partial charge in [-0.15, -0.1) is 0 Å². The molecule has 3 nitrogen and oxygen atoms in total. The van der Waals surface area contributed by atoms with Gasteiger partial charge in [0.05, 0.1) is 5.52 Å². The van der Waals surface area contributed by atoms with Crippen LogP contribution in [0, 0.1) is 19.3 Å². The van der Waals surface area contributed by atoms with Crippen molar-refractivity contribution in [3.63, 3.8) is 0 Å². The highest BCUT2D eigenvalue weighted by atomic mass is 15.0. The van der Waals surface area contributed by atoms with Crippen LogP contribution >= 0.6 is 0 Å². The van der Waals surface area contributed by atoms with E-state index in [0.717, 1.165) is 22.1 Å². The Kier molecular flexibility index (Phi) is 2.01. The fourth-order valence-corrected chi connectivity index (χ4v) is 2.25. The van der Waals surface area contributed by atoms with Crippen LogP contribution in [0.4, 0.5) is 0 Å². The molecular formula is C14H13N3. The van der Waals surface area contributed by atoms with Gasteiger partial charge in [-0.05, 0) is 43.2 Å². The number of fused-ring (bicyclic) bond motifs is 2. The zero-order valence-corrected chi connectivity index (χ0v) is 9.86. The lowest BCUT2D eigenvalue weighted by Gasteiger charge is -2.07. The molecule has 0 unspecified atom stereocenters. The van der Waals surface area contributed by atoms with Crippen LogP contribution in [0.3, 0.4) is 0 Å². The van der Waals surface area contributed by atoms with Crippen LogP contribution < -0.4 is 5.49 Å². The summed E-state index contributed by atoms with van der Waals surface area (Å²) in [7, 11) is 0. The summed E-state index contributed by atoms with van der Waals surface area (Å²) in [5, 5.41) is 9.16. The number of nitrogens with one attached hydrogen (secondary N) is 1. The molecule has 3 heteroatoms. The SMILES string of the molecule is Cc1cc(C)c2nc3ccccn3c(=N)c2c1. The fourth-order valence-electron chi connectivity index (χ4n) is 2.25. The van der Waals surface area contributed by atoms with Crippen molar-refractivity contribution in [3.05, 3.63) is 53.1 Å². The zero-order chi connectivity index (χ0) is 12.0. The van der Waals surface area contributed by atoms with Gasteiger partial charge in [-0.3, -0.25) is 9.81 Å². The molecule has 0 fully saturated rings. The van der Waals surface area contributed by atoms with Crippen molar-refractivity contribution in [2.45, 2.75) is 13.8 Å². The van der Waals surface area contributed by atoms with Crippen molar-refractivity contribution in [1.82, 2.24) is 9.38 Å². The number of hydrogen-bond donors (Lipinski definition) is 1. The third-order valence-corrected chi connectivity index (χ3v) is 3.01. The lowest BCUT2D eigenvalue weighted by Crippen LogP contribution is -2.15. The molecule has 17 heavy (non-hydrogen) atoms. The Morgan fingerprint density at radius 1 is 1.18 bits per heavy atom. The van der Waals surface area contributed by atoms with Gasteiger partial charge in [-0.2, -0.15) is 0 Å². The Balaban J connectivity index is 2.64. The van der Waals surface area contributed by atoms with Gasteiger partial charge in [0.2, 0.25) is 0 Å². The molecule has 0 bridgehead atoms. The highest BCUT2D eigenvalue weighted by Gasteiger charge is 2.05. The van der Waals surface area contributed by atoms with Crippen LogP contribution in [0.2, 0.25) is 0 Å². The summed E-state index contributed by atoms with van der Waals surface area (Å²) >= 11 is 0. The fraction of sp³-hybridized carbons (Fsp3) is 0.143. The van der Waals surface area contributed by atoms with Gasteiger partial charge < -0.3 is 0 Å². The summed E-state index contributed by atoms with van der Waals surface area (Å²) in [5.74, 6) is 0. The minimum atomic E-state index is 0.498. The molecule has 0 aliphatic heterocycles. The van der Waals surface area contributed by atoms with Crippen LogP contribution in [0.5, 0.6) is 0 Å². The molecule has 3 aromatic rings. The molecule has 84 valence electrons. The van der Waals surface area contributed by atoms with Crippen LogP contribution in [-0.4, -0.2) is 9.38 Å². The third kappa shape index (κ3) is 1.43. The van der Waals surface area contributed by atoms with Crippen molar-refractivity contribution >= 4 is 16.6 Å². The van der Waals surface area contributed by atoms with Crippen molar-refractivity contribution in [1.29, 1.82) is 5.41 Å². The monoisotopic (exact) mass is 223 g/mol. The number of nitrogens with zero attached hydrogens (tertiary/aromatic N) is 2. The summed E-state index contributed by atoms with van der Waals surface area (Å²) in [6.45, 7) is 4.09. The van der Waals surface area contributed by atoms with Crippen LogP contribution in [0.25, 0.3) is 16.6 Å². The first kappa shape index (κ1) is 10.0. The normalized spacial score (nSPS) is 11.2. The van der Waals surface area contributed by atoms with E-state index >= 15 is 0 Å². The Bertz CT molecular complexity index is 784. The van der Waals surface area contributed by atoms with Gasteiger partial charge in [0, 0.05) is 11.6 Å². The number of aromatic nitrogens is 2. The summed E-state index contributed by atoms with van der Waals surface area (Å²) in [4.78, 5) is 4.62. The first-order valence-electron chi connectivity index (χ1n) is 5.60. The predicted molar refractivity (Wildman–Crippen MR) is 68.0 cm³/mol. The summed E-state index contributed by atoms with van der Waals surface area (Å²) in [5.41, 5.74) is 4.53. The zero-order valence-electron chi connectivity index (χ0n) is 9.86. The molecule has 0 radical (unpaired) electrons. The number of benzene rings is 1. The van der Waals surface area contributed by atoms with E-state index in [0.29, 0.717) is 5.49 Å². The second-order valence-corrected chi connectivity index (χ2v) is 4.37. The van der Waals surface area contributed by atoms with E-state index in [9.17, 15) is 0 Å². The van der Waals surface area contributed by atoms with Crippen LogP contribution in [-0.2, 0) is 0 Å². The number of hydrogen-bond acceptors (Lipinski definition) is 2. The second kappa shape index (κ2) is 3.42. The molecule has 0 saturated carbocycles. The Hall–Kier alpha value is -2.16. The number of rotatable bonds is 0. The number of aryl methyl sites for hydroxylation is 2. The lowest BCUT2D eigenvalue weighted by molar-refractivity contribution is 1.00. The van der Waals surface area contributed by atoms with Gasteiger partial charge in [0.15, 0.2) is 0 Å². The first-order valence-corrected chi connectivity index (χ1v) is 5.60. The van der Waals surface area contributed by atoms with Gasteiger partial charge in [0.1, 0.15) is 11.1 Å². The van der Waals surface area contributed by atoms with Gasteiger partial charge >= 0.3 is 0 Å². The number of pyridine rings is 1. The maximum atomic E-state index is 8.25. The maximum Gasteiger partial charge on any atom is 0.140 e. The third-order valence-electron chi connectivity index (χ3n) is 3.01. The average Bonchev–Trinajstić information content (AvgIpc) is 2.31. The molecular weight excluding hydrogens is 210 g/mol. The van der Waals surface area contributed by atoms with Gasteiger partial charge in [-0.1, -0.05) is 12.1 Å². The molecule has 1 N–H and O–H groups in total. The maximum absolute atomic E-state index is 8.25. The largest absolute Gasteiger partial charge is 0.286 e. The molecule has 2 heterocycles. The minimum Gasteiger partial charge on any atom is -0.286 e. The molecule has 0 spiro atoms. The molecule has 0 atom stereocenters. The molecule has 1 aromatic carbocycles. The summed E-state index contributed by atoms with van der Waals surface area (Å²) in [6, 6.07) is 9.92. The van der Waals surface area contributed by atoms with Crippen molar-refractivity contribution in [2.24, 2.45) is 0 Å². The van der Waals surface area contributed by atoms with E-state index in [1.54, 1.807) is 4.40 Å². The van der Waals surface area contributed by atoms with Crippen molar-refractivity contribution in [2.75, 3.05) is 0 Å². The summed E-state index contributed by atoms with van der Waals surface area (Å²) in [6.07, 6.45) is 1.88. The lowest BCUT2D eigenvalue weighted by atomic mass is 10.1. The quantitative estimate of drug-likeness (QED) is 0.585. The van der Waals surface area contributed by atoms with E-state index in [4.69, 9.17) is 5.41 Å². The summed E-state index contributed by atoms with van der Waals surface area (Å²) < 4.78 is 1.81. The Labute approximate surface area is 98.9 Å². The van der Waals surface area contributed by atoms with Gasteiger partial charge in [-0.25, -0.2) is 4.98 Å². The van der Waals surface area contributed by atoms with E-state index in [1.807, 2.05) is 44.3 Å². The topological polar surface area (TPSA) is 41.2 Å².